The monoisotopic (exact) mass is 451 g/mol. The number of carbonyl (C=O) groups is 1. The van der Waals surface area contributed by atoms with Crippen LogP contribution in [0.25, 0.3) is 0 Å². The molecular formula is C20H23ClFN5O2S. The molecule has 1 atom stereocenters. The molecule has 2 heterocycles. The maximum atomic E-state index is 13.6. The zero-order valence-corrected chi connectivity index (χ0v) is 17.8. The number of rotatable bonds is 5. The molecule has 0 aromatic heterocycles. The van der Waals surface area contributed by atoms with E-state index >= 15 is 0 Å². The summed E-state index contributed by atoms with van der Waals surface area (Å²) in [5.74, 6) is -0.589. The zero-order chi connectivity index (χ0) is 21.1. The van der Waals surface area contributed by atoms with Crippen LogP contribution in [0.5, 0.6) is 0 Å². The highest BCUT2D eigenvalue weighted by Crippen LogP contribution is 2.42. The highest BCUT2D eigenvalue weighted by atomic mass is 35.5. The molecule has 0 saturated carbocycles. The van der Waals surface area contributed by atoms with Gasteiger partial charge in [0.25, 0.3) is 0 Å². The number of nitrogens with two attached hydrogens (primary N) is 1. The van der Waals surface area contributed by atoms with Crippen LogP contribution in [0.1, 0.15) is 0 Å². The van der Waals surface area contributed by atoms with Crippen molar-refractivity contribution in [3.05, 3.63) is 47.2 Å². The summed E-state index contributed by atoms with van der Waals surface area (Å²) in [6.07, 6.45) is 0. The SMILES string of the molecule is NC1Sc2ccc(NC(=O)Nc3ccc(Cl)c(F)c3)cc2N1CCN1CCOCC1. The molecule has 0 aliphatic carbocycles. The van der Waals surface area contributed by atoms with Crippen molar-refractivity contribution in [3.63, 3.8) is 0 Å². The van der Waals surface area contributed by atoms with Gasteiger partial charge in [0.1, 0.15) is 11.3 Å². The van der Waals surface area contributed by atoms with Crippen molar-refractivity contribution in [2.75, 3.05) is 54.9 Å². The number of morpholine rings is 1. The van der Waals surface area contributed by atoms with Crippen LogP contribution in [0, 0.1) is 5.82 Å². The first-order valence-corrected chi connectivity index (χ1v) is 10.9. The summed E-state index contributed by atoms with van der Waals surface area (Å²) >= 11 is 7.27. The molecule has 4 rings (SSSR count). The maximum absolute atomic E-state index is 13.6. The maximum Gasteiger partial charge on any atom is 0.323 e. The number of nitrogens with zero attached hydrogens (tertiary/aromatic N) is 2. The average molecular weight is 452 g/mol. The molecule has 2 aromatic carbocycles. The Morgan fingerprint density at radius 1 is 1.17 bits per heavy atom. The van der Waals surface area contributed by atoms with Gasteiger partial charge in [0.2, 0.25) is 0 Å². The van der Waals surface area contributed by atoms with Gasteiger partial charge in [-0.25, -0.2) is 9.18 Å². The third kappa shape index (κ3) is 4.98. The fraction of sp³-hybridized carbons (Fsp3) is 0.350. The summed E-state index contributed by atoms with van der Waals surface area (Å²) in [4.78, 5) is 17.9. The van der Waals surface area contributed by atoms with Crippen LogP contribution >= 0.6 is 23.4 Å². The highest BCUT2D eigenvalue weighted by Gasteiger charge is 2.28. The quantitative estimate of drug-likeness (QED) is 0.644. The van der Waals surface area contributed by atoms with Crippen LogP contribution < -0.4 is 21.3 Å². The number of ether oxygens (including phenoxy) is 1. The number of nitrogens with one attached hydrogen (secondary N) is 2. The molecule has 1 unspecified atom stereocenters. The van der Waals surface area contributed by atoms with E-state index in [1.807, 2.05) is 18.2 Å². The van der Waals surface area contributed by atoms with Crippen LogP contribution in [0.4, 0.5) is 26.2 Å². The van der Waals surface area contributed by atoms with Crippen LogP contribution in [-0.2, 0) is 4.74 Å². The summed E-state index contributed by atoms with van der Waals surface area (Å²) in [7, 11) is 0. The topological polar surface area (TPSA) is 82.9 Å². The van der Waals surface area contributed by atoms with Gasteiger partial charge in [0, 0.05) is 42.4 Å². The number of hydrogen-bond donors (Lipinski definition) is 3. The van der Waals surface area contributed by atoms with Gasteiger partial charge in [0.05, 0.1) is 23.9 Å². The number of halogens is 2. The zero-order valence-electron chi connectivity index (χ0n) is 16.2. The van der Waals surface area contributed by atoms with Crippen molar-refractivity contribution in [1.82, 2.24) is 4.90 Å². The number of fused-ring (bicyclic) bond motifs is 1. The second kappa shape index (κ2) is 9.40. The molecule has 0 radical (unpaired) electrons. The Balaban J connectivity index is 1.40. The van der Waals surface area contributed by atoms with Crippen molar-refractivity contribution in [3.8, 4) is 0 Å². The van der Waals surface area contributed by atoms with Crippen molar-refractivity contribution >= 4 is 46.5 Å². The lowest BCUT2D eigenvalue weighted by molar-refractivity contribution is 0.0391. The first kappa shape index (κ1) is 21.2. The lowest BCUT2D eigenvalue weighted by atomic mass is 10.2. The lowest BCUT2D eigenvalue weighted by Crippen LogP contribution is -2.44. The van der Waals surface area contributed by atoms with Gasteiger partial charge >= 0.3 is 6.03 Å². The van der Waals surface area contributed by atoms with Crippen molar-refractivity contribution < 1.29 is 13.9 Å². The standard InChI is InChI=1S/C20H23ClFN5O2S/c21-15-3-1-13(11-16(15)22)24-20(28)25-14-2-4-18-17(12-14)27(19(23)30-18)6-5-26-7-9-29-10-8-26/h1-4,11-12,19H,5-10,23H2,(H2,24,25,28). The van der Waals surface area contributed by atoms with E-state index < -0.39 is 11.8 Å². The Morgan fingerprint density at radius 3 is 2.60 bits per heavy atom. The Morgan fingerprint density at radius 2 is 1.87 bits per heavy atom. The molecule has 0 bridgehead atoms. The smallest absolute Gasteiger partial charge is 0.323 e. The Bertz CT molecular complexity index is 928. The molecule has 1 fully saturated rings. The molecule has 4 N–H and O–H groups in total. The number of carbonyl (C=O) groups excluding carboxylic acids is 1. The normalized spacial score (nSPS) is 18.9. The average Bonchev–Trinajstić information content (AvgIpc) is 3.04. The van der Waals surface area contributed by atoms with Crippen molar-refractivity contribution in [2.24, 2.45) is 5.73 Å². The van der Waals surface area contributed by atoms with Crippen LogP contribution in [0.15, 0.2) is 41.3 Å². The predicted molar refractivity (Wildman–Crippen MR) is 119 cm³/mol. The van der Waals surface area contributed by atoms with E-state index in [9.17, 15) is 9.18 Å². The second-order valence-electron chi connectivity index (χ2n) is 7.05. The molecule has 2 aliphatic rings. The van der Waals surface area contributed by atoms with Gasteiger partial charge in [-0.2, -0.15) is 0 Å². The van der Waals surface area contributed by atoms with Crippen LogP contribution in [0.3, 0.4) is 0 Å². The fourth-order valence-electron chi connectivity index (χ4n) is 3.44. The molecule has 2 aliphatic heterocycles. The van der Waals surface area contributed by atoms with Gasteiger partial charge in [-0.15, -0.1) is 0 Å². The minimum atomic E-state index is -0.589. The van der Waals surface area contributed by atoms with E-state index in [4.69, 9.17) is 22.1 Å². The summed E-state index contributed by atoms with van der Waals surface area (Å²) in [6.45, 7) is 5.07. The molecule has 2 aromatic rings. The number of hydrogen-bond acceptors (Lipinski definition) is 6. The molecule has 0 spiro atoms. The fourth-order valence-corrected chi connectivity index (χ4v) is 4.61. The largest absolute Gasteiger partial charge is 0.379 e. The Hall–Kier alpha value is -2.04. The molecule has 7 nitrogen and oxygen atoms in total. The summed E-state index contributed by atoms with van der Waals surface area (Å²) < 4.78 is 19.0. The first-order valence-electron chi connectivity index (χ1n) is 9.66. The highest BCUT2D eigenvalue weighted by molar-refractivity contribution is 8.00. The van der Waals surface area contributed by atoms with E-state index in [0.717, 1.165) is 50.0 Å². The third-order valence-corrected chi connectivity index (χ3v) is 6.42. The number of anilines is 3. The minimum Gasteiger partial charge on any atom is -0.379 e. The molecule has 2 amide bonds. The number of thioether (sulfide) groups is 1. The number of amides is 2. The minimum absolute atomic E-state index is 0.00518. The lowest BCUT2D eigenvalue weighted by Gasteiger charge is -2.30. The van der Waals surface area contributed by atoms with E-state index in [0.29, 0.717) is 11.4 Å². The molecular weight excluding hydrogens is 429 g/mol. The number of urea groups is 1. The van der Waals surface area contributed by atoms with Gasteiger partial charge in [-0.1, -0.05) is 23.4 Å². The predicted octanol–water partition coefficient (Wildman–Crippen LogP) is 3.61. The Kier molecular flexibility index (Phi) is 6.64. The Labute approximate surface area is 183 Å². The van der Waals surface area contributed by atoms with Crippen molar-refractivity contribution in [2.45, 2.75) is 10.4 Å². The second-order valence-corrected chi connectivity index (χ2v) is 8.61. The van der Waals surface area contributed by atoms with Gasteiger partial charge in [-0.3, -0.25) is 4.90 Å². The van der Waals surface area contributed by atoms with Crippen molar-refractivity contribution in [1.29, 1.82) is 0 Å². The summed E-state index contributed by atoms with van der Waals surface area (Å²) in [5.41, 5.74) is 8.11. The summed E-state index contributed by atoms with van der Waals surface area (Å²) in [6, 6.07) is 9.33. The number of benzene rings is 2. The third-order valence-electron chi connectivity index (χ3n) is 5.02. The summed E-state index contributed by atoms with van der Waals surface area (Å²) in [5, 5.41) is 5.39. The van der Waals surface area contributed by atoms with E-state index in [1.165, 1.54) is 18.2 Å². The van der Waals surface area contributed by atoms with Crippen LogP contribution in [-0.4, -0.2) is 55.8 Å². The molecule has 160 valence electrons. The first-order chi connectivity index (χ1) is 14.5. The van der Waals surface area contributed by atoms with Crippen LogP contribution in [0.2, 0.25) is 5.02 Å². The molecule has 30 heavy (non-hydrogen) atoms. The van der Waals surface area contributed by atoms with E-state index in [-0.39, 0.29) is 10.5 Å². The van der Waals surface area contributed by atoms with E-state index in [1.54, 1.807) is 11.8 Å². The molecule has 1 saturated heterocycles. The van der Waals surface area contributed by atoms with Gasteiger partial charge < -0.3 is 26.0 Å². The van der Waals surface area contributed by atoms with E-state index in [2.05, 4.69) is 20.4 Å². The van der Waals surface area contributed by atoms with Gasteiger partial charge in [-0.05, 0) is 36.4 Å². The van der Waals surface area contributed by atoms with Gasteiger partial charge in [0.15, 0.2) is 0 Å². The molecule has 10 heteroatoms.